The van der Waals surface area contributed by atoms with Gasteiger partial charge in [-0.15, -0.1) is 0 Å². The Hall–Kier alpha value is -3.66. The molecule has 1 unspecified atom stereocenters. The SMILES string of the molecule is Cc1ccc(S(=O)(=O)N(CC(=O)N(Cc2ccccc2Cl)C(Cc2ccccc2)C(=O)NC(C)C)c2ccc(Br)cc2)cc1. The van der Waals surface area contributed by atoms with Gasteiger partial charge in [-0.3, -0.25) is 13.9 Å². The second-order valence-corrected chi connectivity index (χ2v) is 14.0. The van der Waals surface area contributed by atoms with E-state index in [-0.39, 0.29) is 29.8 Å². The quantitative estimate of drug-likeness (QED) is 0.177. The van der Waals surface area contributed by atoms with Crippen LogP contribution in [0, 0.1) is 6.92 Å². The van der Waals surface area contributed by atoms with Crippen LogP contribution in [0.1, 0.15) is 30.5 Å². The van der Waals surface area contributed by atoms with Crippen LogP contribution in [0.4, 0.5) is 5.69 Å². The smallest absolute Gasteiger partial charge is 0.264 e. The summed E-state index contributed by atoms with van der Waals surface area (Å²) in [5.74, 6) is -0.899. The lowest BCUT2D eigenvalue weighted by Crippen LogP contribution is -2.54. The van der Waals surface area contributed by atoms with Gasteiger partial charge in [-0.1, -0.05) is 93.8 Å². The van der Waals surface area contributed by atoms with Crippen molar-refractivity contribution in [3.8, 4) is 0 Å². The summed E-state index contributed by atoms with van der Waals surface area (Å²) in [6.45, 7) is 5.03. The van der Waals surface area contributed by atoms with Crippen molar-refractivity contribution < 1.29 is 18.0 Å². The first-order valence-corrected chi connectivity index (χ1v) is 16.8. The van der Waals surface area contributed by atoms with Gasteiger partial charge in [0.05, 0.1) is 10.6 Å². The van der Waals surface area contributed by atoms with Crippen molar-refractivity contribution in [1.82, 2.24) is 10.2 Å². The molecule has 0 heterocycles. The van der Waals surface area contributed by atoms with Gasteiger partial charge in [0, 0.05) is 28.5 Å². The maximum Gasteiger partial charge on any atom is 0.264 e. The molecule has 230 valence electrons. The first kappa shape index (κ1) is 33.2. The first-order valence-electron chi connectivity index (χ1n) is 14.2. The van der Waals surface area contributed by atoms with Crippen LogP contribution in [0.5, 0.6) is 0 Å². The van der Waals surface area contributed by atoms with E-state index in [1.54, 1.807) is 60.7 Å². The number of hydrogen-bond donors (Lipinski definition) is 1. The molecule has 2 amide bonds. The lowest BCUT2D eigenvalue weighted by atomic mass is 10.0. The van der Waals surface area contributed by atoms with Crippen molar-refractivity contribution in [3.05, 3.63) is 129 Å². The van der Waals surface area contributed by atoms with E-state index < -0.39 is 28.5 Å². The minimum atomic E-state index is -4.17. The molecule has 0 saturated heterocycles. The van der Waals surface area contributed by atoms with E-state index >= 15 is 0 Å². The molecule has 4 aromatic rings. The predicted octanol–water partition coefficient (Wildman–Crippen LogP) is 6.77. The first-order chi connectivity index (χ1) is 21.0. The molecule has 1 atom stereocenters. The highest BCUT2D eigenvalue weighted by Gasteiger charge is 2.35. The number of hydrogen-bond acceptors (Lipinski definition) is 4. The van der Waals surface area contributed by atoms with E-state index in [9.17, 15) is 18.0 Å². The second kappa shape index (κ2) is 14.9. The predicted molar refractivity (Wildman–Crippen MR) is 179 cm³/mol. The van der Waals surface area contributed by atoms with Gasteiger partial charge in [-0.05, 0) is 74.4 Å². The molecule has 0 aliphatic heterocycles. The van der Waals surface area contributed by atoms with Crippen molar-refractivity contribution >= 4 is 55.1 Å². The minimum Gasteiger partial charge on any atom is -0.352 e. The van der Waals surface area contributed by atoms with Gasteiger partial charge in [-0.2, -0.15) is 0 Å². The van der Waals surface area contributed by atoms with Crippen LogP contribution < -0.4 is 9.62 Å². The van der Waals surface area contributed by atoms with Gasteiger partial charge < -0.3 is 10.2 Å². The third kappa shape index (κ3) is 8.49. The monoisotopic (exact) mass is 695 g/mol. The average Bonchev–Trinajstić information content (AvgIpc) is 2.99. The van der Waals surface area contributed by atoms with E-state index in [0.29, 0.717) is 16.3 Å². The largest absolute Gasteiger partial charge is 0.352 e. The summed E-state index contributed by atoms with van der Waals surface area (Å²) in [5, 5.41) is 3.38. The molecule has 44 heavy (non-hydrogen) atoms. The van der Waals surface area contributed by atoms with Crippen LogP contribution in [0.15, 0.2) is 112 Å². The van der Waals surface area contributed by atoms with Crippen molar-refractivity contribution in [1.29, 1.82) is 0 Å². The summed E-state index contributed by atoms with van der Waals surface area (Å²) in [7, 11) is -4.17. The van der Waals surface area contributed by atoms with Crippen LogP contribution in [-0.4, -0.2) is 43.8 Å². The van der Waals surface area contributed by atoms with E-state index in [2.05, 4.69) is 21.2 Å². The number of anilines is 1. The van der Waals surface area contributed by atoms with Gasteiger partial charge in [0.15, 0.2) is 0 Å². The zero-order chi connectivity index (χ0) is 31.9. The van der Waals surface area contributed by atoms with Crippen molar-refractivity contribution in [2.75, 3.05) is 10.8 Å². The second-order valence-electron chi connectivity index (χ2n) is 10.8. The minimum absolute atomic E-state index is 0.000277. The zero-order valence-electron chi connectivity index (χ0n) is 24.8. The van der Waals surface area contributed by atoms with Crippen LogP contribution in [0.25, 0.3) is 0 Å². The van der Waals surface area contributed by atoms with Crippen molar-refractivity contribution in [2.45, 2.75) is 50.7 Å². The number of carbonyl (C=O) groups is 2. The van der Waals surface area contributed by atoms with Gasteiger partial charge in [0.25, 0.3) is 10.0 Å². The summed E-state index contributed by atoms with van der Waals surface area (Å²) in [4.78, 5) is 29.7. The van der Waals surface area contributed by atoms with E-state index in [0.717, 1.165) is 19.9 Å². The normalized spacial score (nSPS) is 12.0. The van der Waals surface area contributed by atoms with Crippen molar-refractivity contribution in [2.24, 2.45) is 0 Å². The van der Waals surface area contributed by atoms with E-state index in [1.165, 1.54) is 17.0 Å². The number of amides is 2. The third-order valence-corrected chi connectivity index (χ3v) is 9.69. The lowest BCUT2D eigenvalue weighted by Gasteiger charge is -2.34. The Labute approximate surface area is 273 Å². The topological polar surface area (TPSA) is 86.8 Å². The molecule has 1 N–H and O–H groups in total. The maximum absolute atomic E-state index is 14.5. The highest BCUT2D eigenvalue weighted by Crippen LogP contribution is 2.27. The van der Waals surface area contributed by atoms with Gasteiger partial charge in [-0.25, -0.2) is 8.42 Å². The molecule has 0 aliphatic carbocycles. The Morgan fingerprint density at radius 3 is 2.09 bits per heavy atom. The summed E-state index contributed by atoms with van der Waals surface area (Å²) < 4.78 is 30.0. The fraction of sp³-hybridized carbons (Fsp3) is 0.235. The lowest BCUT2D eigenvalue weighted by molar-refractivity contribution is -0.140. The summed E-state index contributed by atoms with van der Waals surface area (Å²) in [6.07, 6.45) is 0.221. The number of benzene rings is 4. The fourth-order valence-electron chi connectivity index (χ4n) is 4.72. The maximum atomic E-state index is 14.5. The molecular weight excluding hydrogens is 662 g/mol. The number of rotatable bonds is 12. The van der Waals surface area contributed by atoms with Crippen LogP contribution in [0.3, 0.4) is 0 Å². The summed E-state index contributed by atoms with van der Waals surface area (Å²) in [5.41, 5.74) is 2.70. The Morgan fingerprint density at radius 2 is 1.48 bits per heavy atom. The fourth-order valence-corrected chi connectivity index (χ4v) is 6.59. The molecule has 4 aromatic carbocycles. The molecule has 0 saturated carbocycles. The van der Waals surface area contributed by atoms with Gasteiger partial charge in [0.1, 0.15) is 12.6 Å². The van der Waals surface area contributed by atoms with Crippen LogP contribution in [0.2, 0.25) is 5.02 Å². The van der Waals surface area contributed by atoms with Crippen molar-refractivity contribution in [3.63, 3.8) is 0 Å². The standard InChI is InChI=1S/C34H35BrClN3O4S/c1-24(2)37-34(41)32(21-26-9-5-4-6-10-26)38(22-27-11-7-8-12-31(27)36)33(40)23-39(29-17-15-28(35)16-18-29)44(42,43)30-19-13-25(3)14-20-30/h4-20,24,32H,21-23H2,1-3H3,(H,37,41). The Bertz CT molecular complexity index is 1680. The summed E-state index contributed by atoms with van der Waals surface area (Å²) in [6, 6.07) is 28.6. The number of sulfonamides is 1. The van der Waals surface area contributed by atoms with E-state index in [4.69, 9.17) is 11.6 Å². The third-order valence-electron chi connectivity index (χ3n) is 7.00. The average molecular weight is 697 g/mol. The molecule has 0 bridgehead atoms. The van der Waals surface area contributed by atoms with Gasteiger partial charge >= 0.3 is 0 Å². The number of halogens is 2. The summed E-state index contributed by atoms with van der Waals surface area (Å²) >= 11 is 9.94. The number of nitrogens with one attached hydrogen (secondary N) is 1. The molecular formula is C34H35BrClN3O4S. The van der Waals surface area contributed by atoms with E-state index in [1.807, 2.05) is 51.1 Å². The molecule has 7 nitrogen and oxygen atoms in total. The molecule has 0 aromatic heterocycles. The molecule has 0 radical (unpaired) electrons. The molecule has 10 heteroatoms. The number of carbonyl (C=O) groups excluding carboxylic acids is 2. The van der Waals surface area contributed by atoms with Crippen LogP contribution >= 0.6 is 27.5 Å². The molecule has 4 rings (SSSR count). The molecule has 0 aliphatic rings. The number of nitrogens with zero attached hydrogens (tertiary/aromatic N) is 2. The van der Waals surface area contributed by atoms with Crippen LogP contribution in [-0.2, 0) is 32.6 Å². The molecule has 0 fully saturated rings. The Morgan fingerprint density at radius 1 is 0.864 bits per heavy atom. The van der Waals surface area contributed by atoms with Gasteiger partial charge in [0.2, 0.25) is 11.8 Å². The molecule has 0 spiro atoms. The highest BCUT2D eigenvalue weighted by atomic mass is 79.9. The Balaban J connectivity index is 1.81. The highest BCUT2D eigenvalue weighted by molar-refractivity contribution is 9.10. The zero-order valence-corrected chi connectivity index (χ0v) is 27.9. The number of aryl methyl sites for hydroxylation is 1. The Kier molecular flexibility index (Phi) is 11.2.